The van der Waals surface area contributed by atoms with Crippen molar-refractivity contribution >= 4 is 27.4 Å². The molecule has 0 aliphatic rings. The Balaban J connectivity index is 2.63. The van der Waals surface area contributed by atoms with Gasteiger partial charge in [-0.25, -0.2) is 8.42 Å². The maximum absolute atomic E-state index is 13.2. The molecule has 0 saturated carbocycles. The summed E-state index contributed by atoms with van der Waals surface area (Å²) >= 11 is 0. The Bertz CT molecular complexity index is 972. The monoisotopic (exact) mass is 392 g/mol. The first kappa shape index (κ1) is 20.4. The predicted octanol–water partition coefficient (Wildman–Crippen LogP) is 2.97. The molecule has 0 fully saturated rings. The zero-order valence-electron chi connectivity index (χ0n) is 15.2. The van der Waals surface area contributed by atoms with Crippen molar-refractivity contribution in [3.8, 4) is 0 Å². The zero-order chi connectivity index (χ0) is 20.2. The first-order valence-electron chi connectivity index (χ1n) is 8.17. The van der Waals surface area contributed by atoms with Crippen molar-refractivity contribution in [1.82, 2.24) is 0 Å². The molecule has 2 aromatic carbocycles. The van der Waals surface area contributed by atoms with E-state index in [1.807, 2.05) is 6.92 Å². The molecule has 0 aliphatic carbocycles. The molecule has 0 N–H and O–H groups in total. The molecule has 0 atom stereocenters. The third-order valence-corrected chi connectivity index (χ3v) is 5.81. The number of para-hydroxylation sites is 1. The number of nitrogens with zero attached hydrogens (tertiary/aromatic N) is 2. The fourth-order valence-electron chi connectivity index (χ4n) is 2.46. The van der Waals surface area contributed by atoms with Gasteiger partial charge in [0.1, 0.15) is 6.54 Å². The van der Waals surface area contributed by atoms with E-state index in [4.69, 9.17) is 4.74 Å². The van der Waals surface area contributed by atoms with Gasteiger partial charge in [-0.05, 0) is 50.1 Å². The van der Waals surface area contributed by atoms with Crippen LogP contribution in [0.1, 0.15) is 18.1 Å². The number of ether oxygens (including phenoxy) is 1. The van der Waals surface area contributed by atoms with Crippen molar-refractivity contribution in [3.05, 3.63) is 63.7 Å². The van der Waals surface area contributed by atoms with Crippen LogP contribution in [0.4, 0.5) is 11.4 Å². The van der Waals surface area contributed by atoms with Crippen LogP contribution < -0.4 is 4.31 Å². The Labute approximate surface area is 157 Å². The first-order chi connectivity index (χ1) is 12.7. The lowest BCUT2D eigenvalue weighted by atomic mass is 10.1. The molecule has 9 heteroatoms. The highest BCUT2D eigenvalue weighted by atomic mass is 32.2. The second kappa shape index (κ2) is 8.17. The van der Waals surface area contributed by atoms with Crippen LogP contribution in [0.25, 0.3) is 0 Å². The third kappa shape index (κ3) is 4.43. The van der Waals surface area contributed by atoms with E-state index in [1.165, 1.54) is 12.1 Å². The van der Waals surface area contributed by atoms with E-state index in [0.29, 0.717) is 0 Å². The van der Waals surface area contributed by atoms with Crippen LogP contribution in [-0.4, -0.2) is 32.5 Å². The average molecular weight is 392 g/mol. The van der Waals surface area contributed by atoms with Crippen molar-refractivity contribution in [2.75, 3.05) is 17.5 Å². The molecule has 144 valence electrons. The van der Waals surface area contributed by atoms with Gasteiger partial charge in [-0.15, -0.1) is 0 Å². The summed E-state index contributed by atoms with van der Waals surface area (Å²) in [4.78, 5) is 22.0. The van der Waals surface area contributed by atoms with E-state index >= 15 is 0 Å². The molecule has 0 radical (unpaired) electrons. The number of anilines is 1. The number of esters is 1. The van der Waals surface area contributed by atoms with Gasteiger partial charge in [-0.3, -0.25) is 19.2 Å². The van der Waals surface area contributed by atoms with Crippen molar-refractivity contribution < 1.29 is 22.9 Å². The number of nitro groups is 1. The molecule has 0 spiro atoms. The Morgan fingerprint density at radius 1 is 1.15 bits per heavy atom. The van der Waals surface area contributed by atoms with Crippen LogP contribution in [0.5, 0.6) is 0 Å². The topological polar surface area (TPSA) is 107 Å². The minimum Gasteiger partial charge on any atom is -0.465 e. The summed E-state index contributed by atoms with van der Waals surface area (Å²) < 4.78 is 32.1. The van der Waals surface area contributed by atoms with Gasteiger partial charge in [-0.1, -0.05) is 18.2 Å². The maximum Gasteiger partial charge on any atom is 0.326 e. The summed E-state index contributed by atoms with van der Waals surface area (Å²) in [5, 5.41) is 11.3. The van der Waals surface area contributed by atoms with Gasteiger partial charge in [0.25, 0.3) is 15.7 Å². The number of hydrogen-bond acceptors (Lipinski definition) is 6. The van der Waals surface area contributed by atoms with Crippen molar-refractivity contribution in [2.24, 2.45) is 0 Å². The number of carbonyl (C=O) groups is 1. The molecule has 2 rings (SSSR count). The van der Waals surface area contributed by atoms with Gasteiger partial charge in [0.05, 0.1) is 17.2 Å². The van der Waals surface area contributed by atoms with E-state index in [9.17, 15) is 23.3 Å². The lowest BCUT2D eigenvalue weighted by molar-refractivity contribution is -0.387. The normalized spacial score (nSPS) is 11.1. The smallest absolute Gasteiger partial charge is 0.326 e. The van der Waals surface area contributed by atoms with Crippen LogP contribution in [0.2, 0.25) is 0 Å². The number of carbonyl (C=O) groups excluding carboxylic acids is 1. The van der Waals surface area contributed by atoms with E-state index in [0.717, 1.165) is 27.6 Å². The molecule has 0 aliphatic heterocycles. The molecule has 2 aromatic rings. The van der Waals surface area contributed by atoms with E-state index in [1.54, 1.807) is 32.0 Å². The highest BCUT2D eigenvalue weighted by Gasteiger charge is 2.33. The molecule has 0 aromatic heterocycles. The number of nitro benzene ring substituents is 1. The predicted molar refractivity (Wildman–Crippen MR) is 100 cm³/mol. The molecule has 8 nitrogen and oxygen atoms in total. The summed E-state index contributed by atoms with van der Waals surface area (Å²) in [6.07, 6.45) is 0. The molecule has 0 heterocycles. The summed E-state index contributed by atoms with van der Waals surface area (Å²) in [5.74, 6) is -0.752. The Morgan fingerprint density at radius 2 is 1.81 bits per heavy atom. The Morgan fingerprint density at radius 3 is 2.41 bits per heavy atom. The number of benzene rings is 2. The van der Waals surface area contributed by atoms with Crippen LogP contribution in [0.15, 0.2) is 47.4 Å². The zero-order valence-corrected chi connectivity index (χ0v) is 16.0. The third-order valence-electron chi connectivity index (χ3n) is 3.99. The van der Waals surface area contributed by atoms with Gasteiger partial charge in [0.15, 0.2) is 4.90 Å². The van der Waals surface area contributed by atoms with E-state index in [-0.39, 0.29) is 12.3 Å². The molecule has 0 unspecified atom stereocenters. The summed E-state index contributed by atoms with van der Waals surface area (Å²) in [5.41, 5.74) is 1.43. The number of rotatable bonds is 7. The van der Waals surface area contributed by atoms with Crippen LogP contribution >= 0.6 is 0 Å². The van der Waals surface area contributed by atoms with Gasteiger partial charge in [0, 0.05) is 6.07 Å². The van der Waals surface area contributed by atoms with E-state index < -0.39 is 38.0 Å². The highest BCUT2D eigenvalue weighted by Crippen LogP contribution is 2.30. The van der Waals surface area contributed by atoms with Crippen LogP contribution in [0, 0.1) is 24.0 Å². The van der Waals surface area contributed by atoms with Crippen LogP contribution in [-0.2, 0) is 19.6 Å². The van der Waals surface area contributed by atoms with Gasteiger partial charge >= 0.3 is 5.97 Å². The molecular weight excluding hydrogens is 372 g/mol. The highest BCUT2D eigenvalue weighted by molar-refractivity contribution is 7.93. The Hall–Kier alpha value is -2.94. The Kier molecular flexibility index (Phi) is 6.17. The van der Waals surface area contributed by atoms with Crippen molar-refractivity contribution in [2.45, 2.75) is 25.7 Å². The van der Waals surface area contributed by atoms with Gasteiger partial charge < -0.3 is 4.74 Å². The van der Waals surface area contributed by atoms with Crippen LogP contribution in [0.3, 0.4) is 0 Å². The van der Waals surface area contributed by atoms with E-state index in [2.05, 4.69) is 0 Å². The number of sulfonamides is 1. The average Bonchev–Trinajstić information content (AvgIpc) is 2.62. The lowest BCUT2D eigenvalue weighted by Crippen LogP contribution is -2.37. The number of hydrogen-bond donors (Lipinski definition) is 0. The molecule has 27 heavy (non-hydrogen) atoms. The maximum atomic E-state index is 13.2. The van der Waals surface area contributed by atoms with Gasteiger partial charge in [-0.2, -0.15) is 0 Å². The fourth-order valence-corrected chi connectivity index (χ4v) is 4.03. The number of aryl methyl sites for hydroxylation is 2. The fraction of sp³-hybridized carbons (Fsp3) is 0.278. The summed E-state index contributed by atoms with van der Waals surface area (Å²) in [7, 11) is -4.38. The quantitative estimate of drug-likeness (QED) is 0.407. The lowest BCUT2D eigenvalue weighted by Gasteiger charge is -2.24. The first-order valence-corrected chi connectivity index (χ1v) is 9.61. The SMILES string of the molecule is CCOC(=O)CN(c1ccc(C)c(C)c1)S(=O)(=O)c1ccccc1[N+](=O)[O-]. The second-order valence-corrected chi connectivity index (χ2v) is 7.64. The largest absolute Gasteiger partial charge is 0.465 e. The van der Waals surface area contributed by atoms with Gasteiger partial charge in [0.2, 0.25) is 0 Å². The molecule has 0 bridgehead atoms. The van der Waals surface area contributed by atoms with Crippen molar-refractivity contribution in [1.29, 1.82) is 0 Å². The minimum atomic E-state index is -4.38. The molecular formula is C18H20N2O6S. The minimum absolute atomic E-state index is 0.0884. The molecule has 0 amide bonds. The summed E-state index contributed by atoms with van der Waals surface area (Å²) in [6.45, 7) is 4.77. The second-order valence-electron chi connectivity index (χ2n) is 5.81. The molecule has 0 saturated heterocycles. The van der Waals surface area contributed by atoms with Crippen molar-refractivity contribution in [3.63, 3.8) is 0 Å². The standard InChI is InChI=1S/C18H20N2O6S/c1-4-26-18(21)12-19(15-10-9-13(2)14(3)11-15)27(24,25)17-8-6-5-7-16(17)20(22)23/h5-11H,4,12H2,1-3H3. The summed E-state index contributed by atoms with van der Waals surface area (Å²) in [6, 6.07) is 9.90.